The van der Waals surface area contributed by atoms with Crippen molar-refractivity contribution in [2.45, 2.75) is 26.4 Å². The topological polar surface area (TPSA) is 21.3 Å². The summed E-state index contributed by atoms with van der Waals surface area (Å²) in [6.07, 6.45) is 1.25. The summed E-state index contributed by atoms with van der Waals surface area (Å²) in [6.45, 7) is 7.34. The molecule has 1 aromatic rings. The van der Waals surface area contributed by atoms with Crippen LogP contribution < -0.4 is 5.32 Å². The predicted octanol–water partition coefficient (Wildman–Crippen LogP) is 4.43. The van der Waals surface area contributed by atoms with Crippen LogP contribution in [0.5, 0.6) is 0 Å². The lowest BCUT2D eigenvalue weighted by Crippen LogP contribution is -2.28. The monoisotopic (exact) mass is 345 g/mol. The summed E-state index contributed by atoms with van der Waals surface area (Å²) in [5, 5.41) is 4.30. The van der Waals surface area contributed by atoms with Crippen LogP contribution in [-0.4, -0.2) is 19.7 Å². The Morgan fingerprint density at radius 3 is 3.00 bits per heavy atom. The normalized spacial score (nSPS) is 23.2. The number of hydrogen-bond donors (Lipinski definition) is 1. The first-order valence-electron chi connectivity index (χ1n) is 6.85. The largest absolute Gasteiger partial charge is 0.373 e. The molecule has 2 nitrogen and oxygen atoms in total. The Morgan fingerprint density at radius 1 is 1.47 bits per heavy atom. The van der Waals surface area contributed by atoms with E-state index in [2.05, 4.69) is 35.1 Å². The van der Waals surface area contributed by atoms with Gasteiger partial charge >= 0.3 is 0 Å². The number of halogens is 2. The number of hydrogen-bond acceptors (Lipinski definition) is 2. The standard InChI is InChI=1S/C15H21BrClNO/c1-10(2)8-18-9-11-5-6-19-15(11)13-7-12(17)3-4-14(13)16/h3-4,7,10-11,15,18H,5-6,8-9H2,1-2H3. The maximum Gasteiger partial charge on any atom is 0.0877 e. The van der Waals surface area contributed by atoms with Crippen LogP contribution in [-0.2, 0) is 4.74 Å². The molecular weight excluding hydrogens is 326 g/mol. The molecule has 1 heterocycles. The summed E-state index contributed by atoms with van der Waals surface area (Å²) in [5.41, 5.74) is 1.17. The second-order valence-corrected chi connectivity index (χ2v) is 6.85. The third-order valence-corrected chi connectivity index (χ3v) is 4.40. The average Bonchev–Trinajstić information content (AvgIpc) is 2.80. The van der Waals surface area contributed by atoms with Crippen molar-refractivity contribution in [1.82, 2.24) is 5.32 Å². The molecular formula is C15H21BrClNO. The molecule has 2 rings (SSSR count). The van der Waals surface area contributed by atoms with Gasteiger partial charge in [0.15, 0.2) is 0 Å². The zero-order valence-corrected chi connectivity index (χ0v) is 13.8. The van der Waals surface area contributed by atoms with Crippen molar-refractivity contribution in [2.24, 2.45) is 11.8 Å². The van der Waals surface area contributed by atoms with Crippen molar-refractivity contribution in [3.05, 3.63) is 33.3 Å². The molecule has 19 heavy (non-hydrogen) atoms. The first-order valence-corrected chi connectivity index (χ1v) is 8.02. The molecule has 0 bridgehead atoms. The molecule has 0 amide bonds. The third-order valence-electron chi connectivity index (χ3n) is 3.44. The van der Waals surface area contributed by atoms with Crippen LogP contribution >= 0.6 is 27.5 Å². The number of rotatable bonds is 5. The molecule has 1 aliphatic rings. The zero-order chi connectivity index (χ0) is 13.8. The minimum absolute atomic E-state index is 0.146. The average molecular weight is 347 g/mol. The van der Waals surface area contributed by atoms with Gasteiger partial charge in [-0.3, -0.25) is 0 Å². The quantitative estimate of drug-likeness (QED) is 0.852. The lowest BCUT2D eigenvalue weighted by atomic mass is 9.95. The highest BCUT2D eigenvalue weighted by atomic mass is 79.9. The van der Waals surface area contributed by atoms with Gasteiger partial charge in [0.1, 0.15) is 0 Å². The van der Waals surface area contributed by atoms with Gasteiger partial charge in [-0.1, -0.05) is 41.4 Å². The maximum absolute atomic E-state index is 6.10. The van der Waals surface area contributed by atoms with Crippen LogP contribution in [0.1, 0.15) is 31.9 Å². The lowest BCUT2D eigenvalue weighted by Gasteiger charge is -2.21. The van der Waals surface area contributed by atoms with Gasteiger partial charge in [0.05, 0.1) is 6.10 Å². The highest BCUT2D eigenvalue weighted by Crippen LogP contribution is 2.38. The van der Waals surface area contributed by atoms with E-state index in [0.717, 1.165) is 35.6 Å². The summed E-state index contributed by atoms with van der Waals surface area (Å²) in [6, 6.07) is 5.91. The fourth-order valence-corrected chi connectivity index (χ4v) is 3.13. The van der Waals surface area contributed by atoms with Crippen molar-refractivity contribution >= 4 is 27.5 Å². The van der Waals surface area contributed by atoms with Gasteiger partial charge in [0.25, 0.3) is 0 Å². The smallest absolute Gasteiger partial charge is 0.0877 e. The fraction of sp³-hybridized carbons (Fsp3) is 0.600. The summed E-state index contributed by atoms with van der Waals surface area (Å²) in [4.78, 5) is 0. The molecule has 2 atom stereocenters. The fourth-order valence-electron chi connectivity index (χ4n) is 2.48. The molecule has 0 aromatic heterocycles. The van der Waals surface area contributed by atoms with Crippen molar-refractivity contribution in [2.75, 3.05) is 19.7 Å². The van der Waals surface area contributed by atoms with Crippen molar-refractivity contribution in [3.63, 3.8) is 0 Å². The van der Waals surface area contributed by atoms with Crippen molar-refractivity contribution in [1.29, 1.82) is 0 Å². The molecule has 1 aromatic carbocycles. The second kappa shape index (κ2) is 7.07. The third kappa shape index (κ3) is 4.19. The van der Waals surface area contributed by atoms with Crippen LogP contribution in [0.2, 0.25) is 5.02 Å². The van der Waals surface area contributed by atoms with Crippen LogP contribution in [0.3, 0.4) is 0 Å². The zero-order valence-electron chi connectivity index (χ0n) is 11.5. The first-order chi connectivity index (χ1) is 9.08. The van der Waals surface area contributed by atoms with Gasteiger partial charge in [0, 0.05) is 28.6 Å². The van der Waals surface area contributed by atoms with Crippen LogP contribution in [0.25, 0.3) is 0 Å². The molecule has 106 valence electrons. The van der Waals surface area contributed by atoms with Crippen LogP contribution in [0.15, 0.2) is 22.7 Å². The maximum atomic E-state index is 6.10. The molecule has 1 N–H and O–H groups in total. The van der Waals surface area contributed by atoms with Crippen LogP contribution in [0.4, 0.5) is 0 Å². The molecule has 4 heteroatoms. The van der Waals surface area contributed by atoms with E-state index in [-0.39, 0.29) is 6.10 Å². The Kier molecular flexibility index (Phi) is 5.70. The van der Waals surface area contributed by atoms with E-state index in [9.17, 15) is 0 Å². The van der Waals surface area contributed by atoms with E-state index >= 15 is 0 Å². The van der Waals surface area contributed by atoms with E-state index in [1.807, 2.05) is 18.2 Å². The Bertz CT molecular complexity index is 425. The van der Waals surface area contributed by atoms with Gasteiger partial charge in [-0.05, 0) is 42.6 Å². The highest BCUT2D eigenvalue weighted by molar-refractivity contribution is 9.10. The lowest BCUT2D eigenvalue weighted by molar-refractivity contribution is 0.0898. The van der Waals surface area contributed by atoms with E-state index in [1.165, 1.54) is 5.56 Å². The number of ether oxygens (including phenoxy) is 1. The van der Waals surface area contributed by atoms with Gasteiger partial charge in [-0.15, -0.1) is 0 Å². The van der Waals surface area contributed by atoms with Crippen molar-refractivity contribution < 1.29 is 4.74 Å². The molecule has 2 unspecified atom stereocenters. The first kappa shape index (κ1) is 15.3. The summed E-state index contributed by atoms with van der Waals surface area (Å²) < 4.78 is 7.00. The number of benzene rings is 1. The minimum Gasteiger partial charge on any atom is -0.373 e. The molecule has 0 radical (unpaired) electrons. The molecule has 0 saturated carbocycles. The number of nitrogens with one attached hydrogen (secondary N) is 1. The van der Waals surface area contributed by atoms with E-state index in [1.54, 1.807) is 0 Å². The van der Waals surface area contributed by atoms with Crippen LogP contribution in [0, 0.1) is 11.8 Å². The van der Waals surface area contributed by atoms with Crippen molar-refractivity contribution in [3.8, 4) is 0 Å². The Morgan fingerprint density at radius 2 is 2.26 bits per heavy atom. The Hall–Kier alpha value is -0.0900. The Balaban J connectivity index is 2.03. The van der Waals surface area contributed by atoms with E-state index < -0.39 is 0 Å². The van der Waals surface area contributed by atoms with Gasteiger partial charge in [0.2, 0.25) is 0 Å². The summed E-state index contributed by atoms with van der Waals surface area (Å²) >= 11 is 9.70. The summed E-state index contributed by atoms with van der Waals surface area (Å²) in [7, 11) is 0. The molecule has 1 saturated heterocycles. The van der Waals surface area contributed by atoms with Gasteiger partial charge in [-0.25, -0.2) is 0 Å². The molecule has 1 aliphatic heterocycles. The SMILES string of the molecule is CC(C)CNCC1CCOC1c1cc(Cl)ccc1Br. The predicted molar refractivity (Wildman–Crippen MR) is 83.7 cm³/mol. The second-order valence-electron chi connectivity index (χ2n) is 5.56. The summed E-state index contributed by atoms with van der Waals surface area (Å²) in [5.74, 6) is 1.20. The molecule has 0 aliphatic carbocycles. The van der Waals surface area contributed by atoms with E-state index in [0.29, 0.717) is 11.8 Å². The molecule has 0 spiro atoms. The minimum atomic E-state index is 0.146. The van der Waals surface area contributed by atoms with Gasteiger partial charge < -0.3 is 10.1 Å². The Labute approximate surface area is 129 Å². The van der Waals surface area contributed by atoms with E-state index in [4.69, 9.17) is 16.3 Å². The molecule has 1 fully saturated rings. The highest BCUT2D eigenvalue weighted by Gasteiger charge is 2.30. The van der Waals surface area contributed by atoms with Gasteiger partial charge in [-0.2, -0.15) is 0 Å².